The number of rotatable bonds is 5. The second-order valence-corrected chi connectivity index (χ2v) is 6.81. The summed E-state index contributed by atoms with van der Waals surface area (Å²) in [4.78, 5) is 29.3. The largest absolute Gasteiger partial charge is 0.443 e. The van der Waals surface area contributed by atoms with Gasteiger partial charge < -0.3 is 15.1 Å². The lowest BCUT2D eigenvalue weighted by molar-refractivity contribution is 0.101. The van der Waals surface area contributed by atoms with Gasteiger partial charge in [-0.05, 0) is 35.7 Å². The molecular formula is C21H15N3O3S. The molecule has 0 unspecified atom stereocenters. The lowest BCUT2D eigenvalue weighted by atomic mass is 10.1. The van der Waals surface area contributed by atoms with Crippen LogP contribution in [0, 0.1) is 0 Å². The number of hydrogen-bond donors (Lipinski definition) is 2. The Balaban J connectivity index is 1.45. The summed E-state index contributed by atoms with van der Waals surface area (Å²) in [6.45, 7) is 0. The number of aromatic nitrogens is 1. The van der Waals surface area contributed by atoms with Gasteiger partial charge in [0.25, 0.3) is 11.8 Å². The molecule has 28 heavy (non-hydrogen) atoms. The van der Waals surface area contributed by atoms with E-state index in [2.05, 4.69) is 15.6 Å². The normalized spacial score (nSPS) is 10.4. The highest BCUT2D eigenvalue weighted by Crippen LogP contribution is 2.24. The molecule has 4 rings (SSSR count). The van der Waals surface area contributed by atoms with Crippen molar-refractivity contribution in [2.24, 2.45) is 0 Å². The average molecular weight is 389 g/mol. The number of nitrogens with one attached hydrogen (secondary N) is 2. The van der Waals surface area contributed by atoms with E-state index >= 15 is 0 Å². The van der Waals surface area contributed by atoms with E-state index in [1.54, 1.807) is 30.3 Å². The fraction of sp³-hybridized carbons (Fsp3) is 0. The van der Waals surface area contributed by atoms with Gasteiger partial charge in [-0.15, -0.1) is 11.3 Å². The summed E-state index contributed by atoms with van der Waals surface area (Å²) in [7, 11) is 0. The molecule has 6 nitrogen and oxygen atoms in total. The summed E-state index contributed by atoms with van der Waals surface area (Å²) < 4.78 is 5.39. The van der Waals surface area contributed by atoms with Gasteiger partial charge in [-0.2, -0.15) is 0 Å². The predicted octanol–water partition coefficient (Wildman–Crippen LogP) is 4.91. The van der Waals surface area contributed by atoms with E-state index in [0.29, 0.717) is 22.0 Å². The van der Waals surface area contributed by atoms with Crippen molar-refractivity contribution in [3.05, 3.63) is 89.1 Å². The zero-order valence-electron chi connectivity index (χ0n) is 14.6. The Hall–Kier alpha value is -3.71. The molecule has 7 heteroatoms. The first-order valence-corrected chi connectivity index (χ1v) is 9.34. The van der Waals surface area contributed by atoms with Crippen molar-refractivity contribution < 1.29 is 14.0 Å². The van der Waals surface area contributed by atoms with Gasteiger partial charge in [0.05, 0.1) is 4.88 Å². The molecule has 0 bridgehead atoms. The van der Waals surface area contributed by atoms with Gasteiger partial charge in [0.2, 0.25) is 0 Å². The molecule has 2 N–H and O–H groups in total. The van der Waals surface area contributed by atoms with Crippen molar-refractivity contribution >= 4 is 34.5 Å². The van der Waals surface area contributed by atoms with Crippen LogP contribution >= 0.6 is 11.3 Å². The topological polar surface area (TPSA) is 84.2 Å². The van der Waals surface area contributed by atoms with Crippen molar-refractivity contribution in [1.29, 1.82) is 0 Å². The molecule has 0 aliphatic heterocycles. The Bertz CT molecular complexity index is 1090. The summed E-state index contributed by atoms with van der Waals surface area (Å²) in [6, 6.07) is 19.8. The Morgan fingerprint density at radius 1 is 0.821 bits per heavy atom. The Labute approximate surface area is 164 Å². The minimum atomic E-state index is -0.372. The maximum absolute atomic E-state index is 12.6. The highest BCUT2D eigenvalue weighted by atomic mass is 32.1. The third-order valence-electron chi connectivity index (χ3n) is 3.96. The standard InChI is InChI=1S/C21H15N3O3S/c25-20(17-7-4-12-28-17)23-15-8-10-16(11-9-15)24-21(26)18-19(27-13-22-18)14-5-2-1-3-6-14/h1-13H,(H,23,25)(H,24,26). The lowest BCUT2D eigenvalue weighted by Crippen LogP contribution is -2.14. The second-order valence-electron chi connectivity index (χ2n) is 5.86. The molecule has 0 atom stereocenters. The molecule has 2 aromatic heterocycles. The van der Waals surface area contributed by atoms with Crippen molar-refractivity contribution in [1.82, 2.24) is 4.98 Å². The first kappa shape index (κ1) is 17.7. The molecule has 0 aliphatic carbocycles. The molecule has 138 valence electrons. The smallest absolute Gasteiger partial charge is 0.278 e. The third-order valence-corrected chi connectivity index (χ3v) is 4.83. The monoisotopic (exact) mass is 389 g/mol. The van der Waals surface area contributed by atoms with E-state index in [1.165, 1.54) is 17.7 Å². The molecule has 0 radical (unpaired) electrons. The molecule has 0 aliphatic rings. The number of oxazole rings is 1. The minimum Gasteiger partial charge on any atom is -0.443 e. The summed E-state index contributed by atoms with van der Waals surface area (Å²) in [5, 5.41) is 7.45. The van der Waals surface area contributed by atoms with Crippen LogP contribution in [0.25, 0.3) is 11.3 Å². The van der Waals surface area contributed by atoms with Crippen molar-refractivity contribution in [2.45, 2.75) is 0 Å². The number of carbonyl (C=O) groups is 2. The van der Waals surface area contributed by atoms with Gasteiger partial charge in [-0.3, -0.25) is 9.59 Å². The highest BCUT2D eigenvalue weighted by Gasteiger charge is 2.18. The van der Waals surface area contributed by atoms with Crippen LogP contribution in [0.3, 0.4) is 0 Å². The van der Waals surface area contributed by atoms with Gasteiger partial charge in [0.15, 0.2) is 17.8 Å². The van der Waals surface area contributed by atoms with E-state index in [1.807, 2.05) is 41.8 Å². The van der Waals surface area contributed by atoms with Gasteiger partial charge in [0.1, 0.15) is 0 Å². The van der Waals surface area contributed by atoms with E-state index in [4.69, 9.17) is 4.42 Å². The predicted molar refractivity (Wildman–Crippen MR) is 109 cm³/mol. The quantitative estimate of drug-likeness (QED) is 0.508. The third kappa shape index (κ3) is 3.84. The number of nitrogens with zero attached hydrogens (tertiary/aromatic N) is 1. The van der Waals surface area contributed by atoms with Gasteiger partial charge in [0, 0.05) is 16.9 Å². The van der Waals surface area contributed by atoms with E-state index < -0.39 is 0 Å². The highest BCUT2D eigenvalue weighted by molar-refractivity contribution is 7.12. The van der Waals surface area contributed by atoms with E-state index in [0.717, 1.165) is 5.56 Å². The summed E-state index contributed by atoms with van der Waals surface area (Å²) in [5.74, 6) is -0.122. The number of thiophene rings is 1. The van der Waals surface area contributed by atoms with Crippen molar-refractivity contribution in [2.75, 3.05) is 10.6 Å². The van der Waals surface area contributed by atoms with Crippen LogP contribution in [0.1, 0.15) is 20.2 Å². The molecule has 2 aromatic carbocycles. The van der Waals surface area contributed by atoms with Gasteiger partial charge in [-0.25, -0.2) is 4.98 Å². The van der Waals surface area contributed by atoms with Crippen LogP contribution in [-0.2, 0) is 0 Å². The Kier molecular flexibility index (Phi) is 4.99. The van der Waals surface area contributed by atoms with E-state index in [9.17, 15) is 9.59 Å². The maximum atomic E-state index is 12.6. The first-order chi connectivity index (χ1) is 13.7. The molecule has 0 spiro atoms. The van der Waals surface area contributed by atoms with Gasteiger partial charge in [-0.1, -0.05) is 36.4 Å². The van der Waals surface area contributed by atoms with Crippen LogP contribution < -0.4 is 10.6 Å². The van der Waals surface area contributed by atoms with Crippen LogP contribution in [0.5, 0.6) is 0 Å². The minimum absolute atomic E-state index is 0.165. The van der Waals surface area contributed by atoms with Crippen LogP contribution in [-0.4, -0.2) is 16.8 Å². The molecule has 0 fully saturated rings. The fourth-order valence-electron chi connectivity index (χ4n) is 2.63. The first-order valence-electron chi connectivity index (χ1n) is 8.46. The number of benzene rings is 2. The zero-order chi connectivity index (χ0) is 19.3. The molecule has 2 amide bonds. The molecular weight excluding hydrogens is 374 g/mol. The Morgan fingerprint density at radius 2 is 1.50 bits per heavy atom. The summed E-state index contributed by atoms with van der Waals surface area (Å²) in [6.07, 6.45) is 1.25. The van der Waals surface area contributed by atoms with Gasteiger partial charge >= 0.3 is 0 Å². The van der Waals surface area contributed by atoms with Crippen LogP contribution in [0.15, 0.2) is 82.9 Å². The lowest BCUT2D eigenvalue weighted by Gasteiger charge is -2.07. The molecule has 0 saturated heterocycles. The van der Waals surface area contributed by atoms with Crippen molar-refractivity contribution in [3.63, 3.8) is 0 Å². The van der Waals surface area contributed by atoms with E-state index in [-0.39, 0.29) is 17.5 Å². The summed E-state index contributed by atoms with van der Waals surface area (Å²) in [5.41, 5.74) is 2.21. The molecule has 4 aromatic rings. The number of amides is 2. The molecule has 2 heterocycles. The number of hydrogen-bond acceptors (Lipinski definition) is 5. The summed E-state index contributed by atoms with van der Waals surface area (Å²) >= 11 is 1.37. The van der Waals surface area contributed by atoms with Crippen LogP contribution in [0.4, 0.5) is 11.4 Å². The molecule has 0 saturated carbocycles. The number of anilines is 2. The zero-order valence-corrected chi connectivity index (χ0v) is 15.4. The SMILES string of the molecule is O=C(Nc1ccc(NC(=O)c2ncoc2-c2ccccc2)cc1)c1cccs1. The van der Waals surface area contributed by atoms with Crippen molar-refractivity contribution in [3.8, 4) is 11.3 Å². The fourth-order valence-corrected chi connectivity index (χ4v) is 3.25. The average Bonchev–Trinajstić information content (AvgIpc) is 3.42. The number of carbonyl (C=O) groups excluding carboxylic acids is 2. The van der Waals surface area contributed by atoms with Crippen LogP contribution in [0.2, 0.25) is 0 Å². The second kappa shape index (κ2) is 7.89. The Morgan fingerprint density at radius 3 is 2.14 bits per heavy atom. The maximum Gasteiger partial charge on any atom is 0.278 e.